The lowest BCUT2D eigenvalue weighted by atomic mass is 10.2. The van der Waals surface area contributed by atoms with E-state index in [0.717, 1.165) is 34.4 Å². The average Bonchev–Trinajstić information content (AvgIpc) is 2.76. The fourth-order valence-corrected chi connectivity index (χ4v) is 2.72. The highest BCUT2D eigenvalue weighted by molar-refractivity contribution is 8.18. The molecule has 1 saturated heterocycles. The van der Waals surface area contributed by atoms with Crippen molar-refractivity contribution in [1.29, 1.82) is 0 Å². The van der Waals surface area contributed by atoms with Gasteiger partial charge >= 0.3 is 5.97 Å². The van der Waals surface area contributed by atoms with Gasteiger partial charge in [-0.25, -0.2) is 0 Å². The van der Waals surface area contributed by atoms with E-state index in [1.807, 2.05) is 13.8 Å². The van der Waals surface area contributed by atoms with Crippen LogP contribution in [-0.4, -0.2) is 39.8 Å². The maximum atomic E-state index is 12.0. The van der Waals surface area contributed by atoms with Gasteiger partial charge in [0.15, 0.2) is 0 Å². The number of thioether (sulfide) groups is 1. The first-order valence-electron chi connectivity index (χ1n) is 7.14. The molecule has 122 valence electrons. The molecule has 1 heterocycles. The Hall–Kier alpha value is -2.28. The predicted octanol–water partition coefficient (Wildman–Crippen LogP) is 2.98. The number of hydrogen-bond acceptors (Lipinski definition) is 5. The molecular weight excluding hydrogens is 318 g/mol. The standard InChI is InChI=1S/C16H17NO5S/c1-3-10(2)22-12-6-4-11(5-7-12)8-13-15(20)17(9-14(18)19)16(21)23-13/h4-8,10H,3,9H2,1-2H3,(H,18,19)/b13-8+/t10-/m0/s1. The Bertz CT molecular complexity index is 653. The molecule has 0 unspecified atom stereocenters. The lowest BCUT2D eigenvalue weighted by Gasteiger charge is -2.12. The van der Waals surface area contributed by atoms with Crippen molar-refractivity contribution in [2.24, 2.45) is 0 Å². The van der Waals surface area contributed by atoms with Crippen LogP contribution in [0.3, 0.4) is 0 Å². The molecule has 1 atom stereocenters. The monoisotopic (exact) mass is 335 g/mol. The fourth-order valence-electron chi connectivity index (χ4n) is 1.88. The van der Waals surface area contributed by atoms with Gasteiger partial charge in [0, 0.05) is 0 Å². The van der Waals surface area contributed by atoms with E-state index in [4.69, 9.17) is 9.84 Å². The predicted molar refractivity (Wildman–Crippen MR) is 87.1 cm³/mol. The van der Waals surface area contributed by atoms with Gasteiger partial charge in [0.2, 0.25) is 0 Å². The molecule has 7 heteroatoms. The van der Waals surface area contributed by atoms with E-state index in [2.05, 4.69) is 0 Å². The molecule has 1 aromatic carbocycles. The van der Waals surface area contributed by atoms with Gasteiger partial charge in [-0.1, -0.05) is 19.1 Å². The summed E-state index contributed by atoms with van der Waals surface area (Å²) in [7, 11) is 0. The number of carboxylic acid groups (broad SMARTS) is 1. The lowest BCUT2D eigenvalue weighted by molar-refractivity contribution is -0.140. The van der Waals surface area contributed by atoms with Gasteiger partial charge in [0.1, 0.15) is 12.3 Å². The van der Waals surface area contributed by atoms with E-state index in [1.54, 1.807) is 30.3 Å². The van der Waals surface area contributed by atoms with Crippen molar-refractivity contribution in [3.8, 4) is 5.75 Å². The fraction of sp³-hybridized carbons (Fsp3) is 0.312. The molecule has 1 aliphatic heterocycles. The van der Waals surface area contributed by atoms with Crippen LogP contribution in [0.4, 0.5) is 4.79 Å². The van der Waals surface area contributed by atoms with E-state index < -0.39 is 23.7 Å². The molecule has 23 heavy (non-hydrogen) atoms. The zero-order valence-corrected chi connectivity index (χ0v) is 13.6. The summed E-state index contributed by atoms with van der Waals surface area (Å²) in [6.07, 6.45) is 2.59. The van der Waals surface area contributed by atoms with Crippen molar-refractivity contribution in [2.45, 2.75) is 26.4 Å². The number of carbonyl (C=O) groups excluding carboxylic acids is 2. The number of imide groups is 1. The van der Waals surface area contributed by atoms with Crippen molar-refractivity contribution < 1.29 is 24.2 Å². The molecule has 1 aromatic rings. The zero-order chi connectivity index (χ0) is 17.0. The Labute approximate surface area is 138 Å². The minimum absolute atomic E-state index is 0.119. The van der Waals surface area contributed by atoms with E-state index in [1.165, 1.54) is 0 Å². The molecule has 1 aliphatic rings. The number of nitrogens with zero attached hydrogens (tertiary/aromatic N) is 1. The third-order valence-corrected chi connectivity index (χ3v) is 4.16. The van der Waals surface area contributed by atoms with Crippen LogP contribution in [0.1, 0.15) is 25.8 Å². The van der Waals surface area contributed by atoms with Crippen molar-refractivity contribution in [1.82, 2.24) is 4.90 Å². The summed E-state index contributed by atoms with van der Waals surface area (Å²) in [4.78, 5) is 35.3. The number of rotatable bonds is 6. The van der Waals surface area contributed by atoms with Crippen LogP contribution in [0, 0.1) is 0 Å². The highest BCUT2D eigenvalue weighted by Gasteiger charge is 2.36. The summed E-state index contributed by atoms with van der Waals surface area (Å²) in [5.74, 6) is -1.07. The molecule has 2 rings (SSSR count). The first-order valence-corrected chi connectivity index (χ1v) is 7.96. The average molecular weight is 335 g/mol. The summed E-state index contributed by atoms with van der Waals surface area (Å²) in [5, 5.41) is 8.15. The first-order chi connectivity index (χ1) is 10.9. The number of benzene rings is 1. The Balaban J connectivity index is 2.11. The highest BCUT2D eigenvalue weighted by Crippen LogP contribution is 2.32. The molecule has 0 aliphatic carbocycles. The summed E-state index contributed by atoms with van der Waals surface area (Å²) in [6.45, 7) is 3.39. The molecule has 0 spiro atoms. The molecule has 0 radical (unpaired) electrons. The van der Waals surface area contributed by atoms with E-state index >= 15 is 0 Å². The van der Waals surface area contributed by atoms with Gasteiger partial charge in [-0.15, -0.1) is 0 Å². The molecular formula is C16H17NO5S. The minimum Gasteiger partial charge on any atom is -0.491 e. The van der Waals surface area contributed by atoms with Crippen LogP contribution >= 0.6 is 11.8 Å². The molecule has 0 bridgehead atoms. The Morgan fingerprint density at radius 2 is 2.00 bits per heavy atom. The van der Waals surface area contributed by atoms with Crippen LogP contribution < -0.4 is 4.74 Å². The van der Waals surface area contributed by atoms with Crippen LogP contribution in [0.15, 0.2) is 29.2 Å². The number of carbonyl (C=O) groups is 3. The summed E-state index contributed by atoms with van der Waals surface area (Å²) in [6, 6.07) is 7.14. The van der Waals surface area contributed by atoms with E-state index in [0.29, 0.717) is 0 Å². The number of amides is 2. The van der Waals surface area contributed by atoms with Gasteiger partial charge < -0.3 is 9.84 Å². The van der Waals surface area contributed by atoms with Gasteiger partial charge in [-0.2, -0.15) is 0 Å². The molecule has 2 amide bonds. The third kappa shape index (κ3) is 4.35. The molecule has 1 fully saturated rings. The molecule has 0 saturated carbocycles. The van der Waals surface area contributed by atoms with E-state index in [9.17, 15) is 14.4 Å². The van der Waals surface area contributed by atoms with Gasteiger partial charge in [0.05, 0.1) is 11.0 Å². The highest BCUT2D eigenvalue weighted by atomic mass is 32.2. The number of hydrogen-bond donors (Lipinski definition) is 1. The van der Waals surface area contributed by atoms with Gasteiger partial charge in [0.25, 0.3) is 11.1 Å². The molecule has 6 nitrogen and oxygen atoms in total. The van der Waals surface area contributed by atoms with Crippen molar-refractivity contribution in [3.63, 3.8) is 0 Å². The second kappa shape index (κ2) is 7.32. The van der Waals surface area contributed by atoms with Crippen LogP contribution in [0.25, 0.3) is 6.08 Å². The topological polar surface area (TPSA) is 83.9 Å². The van der Waals surface area contributed by atoms with Crippen LogP contribution in [0.2, 0.25) is 0 Å². The van der Waals surface area contributed by atoms with Crippen molar-refractivity contribution in [2.75, 3.05) is 6.54 Å². The summed E-state index contributed by atoms with van der Waals surface area (Å²) < 4.78 is 5.67. The summed E-state index contributed by atoms with van der Waals surface area (Å²) in [5.41, 5.74) is 0.738. The quantitative estimate of drug-likeness (QED) is 0.805. The van der Waals surface area contributed by atoms with Gasteiger partial charge in [-0.3, -0.25) is 19.3 Å². The van der Waals surface area contributed by atoms with Gasteiger partial charge in [-0.05, 0) is 48.9 Å². The Kier molecular flexibility index (Phi) is 5.44. The number of carboxylic acids is 1. The van der Waals surface area contributed by atoms with Crippen molar-refractivity contribution in [3.05, 3.63) is 34.7 Å². The Morgan fingerprint density at radius 1 is 1.35 bits per heavy atom. The molecule has 1 N–H and O–H groups in total. The second-order valence-electron chi connectivity index (χ2n) is 5.07. The third-order valence-electron chi connectivity index (χ3n) is 3.26. The number of ether oxygens (including phenoxy) is 1. The molecule has 0 aromatic heterocycles. The smallest absolute Gasteiger partial charge is 0.323 e. The van der Waals surface area contributed by atoms with Crippen LogP contribution in [-0.2, 0) is 9.59 Å². The minimum atomic E-state index is -1.22. The normalized spacial score (nSPS) is 17.7. The summed E-state index contributed by atoms with van der Waals surface area (Å²) >= 11 is 0.741. The number of aliphatic carboxylic acids is 1. The zero-order valence-electron chi connectivity index (χ0n) is 12.8. The first kappa shape index (κ1) is 17.1. The Morgan fingerprint density at radius 3 is 2.57 bits per heavy atom. The largest absolute Gasteiger partial charge is 0.491 e. The van der Waals surface area contributed by atoms with E-state index in [-0.39, 0.29) is 11.0 Å². The SMILES string of the molecule is CC[C@H](C)Oc1ccc(/C=C2/SC(=O)N(CC(=O)O)C2=O)cc1. The lowest BCUT2D eigenvalue weighted by Crippen LogP contribution is -2.33. The van der Waals surface area contributed by atoms with Crippen molar-refractivity contribution >= 4 is 35.0 Å². The van der Waals surface area contributed by atoms with Crippen LogP contribution in [0.5, 0.6) is 5.75 Å². The second-order valence-corrected chi connectivity index (χ2v) is 6.06. The maximum Gasteiger partial charge on any atom is 0.323 e. The maximum absolute atomic E-state index is 12.0.